The van der Waals surface area contributed by atoms with Crippen LogP contribution in [0, 0.1) is 11.8 Å². The zero-order valence-electron chi connectivity index (χ0n) is 17.9. The van der Waals surface area contributed by atoms with E-state index in [1.54, 1.807) is 38.1 Å². The Balaban J connectivity index is 2.75. The van der Waals surface area contributed by atoms with Crippen molar-refractivity contribution in [1.29, 1.82) is 0 Å². The molecule has 1 aromatic rings. The molecule has 0 bridgehead atoms. The average Bonchev–Trinajstić information content (AvgIpc) is 2.61. The second-order valence-corrected chi connectivity index (χ2v) is 8.28. The van der Waals surface area contributed by atoms with Crippen LogP contribution < -0.4 is 16.0 Å². The molecule has 0 aliphatic heterocycles. The van der Waals surface area contributed by atoms with Gasteiger partial charge in [0.15, 0.2) is 0 Å². The quantitative estimate of drug-likeness (QED) is 0.565. The van der Waals surface area contributed by atoms with Gasteiger partial charge in [-0.2, -0.15) is 0 Å². The van der Waals surface area contributed by atoms with E-state index in [0.717, 1.165) is 0 Å². The number of carbonyl (C=O) groups excluding carboxylic acids is 3. The van der Waals surface area contributed by atoms with Crippen molar-refractivity contribution in [3.63, 3.8) is 0 Å². The minimum atomic E-state index is -0.748. The SMILES string of the molecule is CC(C)OC(=O)NC(C(=O)NC(CNC(=O)c1ccccc1Cl)C(C)C)C(C)C. The minimum Gasteiger partial charge on any atom is -0.447 e. The van der Waals surface area contributed by atoms with Gasteiger partial charge in [0, 0.05) is 12.6 Å². The Morgan fingerprint density at radius 1 is 0.966 bits per heavy atom. The molecule has 0 heterocycles. The molecule has 0 fully saturated rings. The van der Waals surface area contributed by atoms with Crippen molar-refractivity contribution in [2.45, 2.75) is 59.7 Å². The van der Waals surface area contributed by atoms with E-state index in [1.165, 1.54) is 0 Å². The molecule has 3 N–H and O–H groups in total. The second-order valence-electron chi connectivity index (χ2n) is 7.87. The zero-order valence-corrected chi connectivity index (χ0v) is 18.7. The van der Waals surface area contributed by atoms with Crippen LogP contribution in [0.2, 0.25) is 5.02 Å². The van der Waals surface area contributed by atoms with E-state index < -0.39 is 12.1 Å². The van der Waals surface area contributed by atoms with Crippen LogP contribution in [-0.4, -0.2) is 42.6 Å². The largest absolute Gasteiger partial charge is 0.447 e. The summed E-state index contributed by atoms with van der Waals surface area (Å²) < 4.78 is 5.07. The lowest BCUT2D eigenvalue weighted by Gasteiger charge is -2.28. The summed E-state index contributed by atoms with van der Waals surface area (Å²) in [5, 5.41) is 8.71. The molecule has 0 radical (unpaired) electrons. The summed E-state index contributed by atoms with van der Waals surface area (Å²) in [6, 6.07) is 5.70. The van der Waals surface area contributed by atoms with Crippen molar-refractivity contribution >= 4 is 29.5 Å². The van der Waals surface area contributed by atoms with Crippen LogP contribution in [0.1, 0.15) is 51.9 Å². The van der Waals surface area contributed by atoms with Gasteiger partial charge < -0.3 is 20.7 Å². The lowest BCUT2D eigenvalue weighted by Crippen LogP contribution is -2.55. The maximum Gasteiger partial charge on any atom is 0.408 e. The van der Waals surface area contributed by atoms with Crippen molar-refractivity contribution in [3.05, 3.63) is 34.9 Å². The van der Waals surface area contributed by atoms with Gasteiger partial charge in [-0.05, 0) is 37.8 Å². The van der Waals surface area contributed by atoms with Gasteiger partial charge in [-0.1, -0.05) is 51.4 Å². The Labute approximate surface area is 177 Å². The molecule has 7 nitrogen and oxygen atoms in total. The molecule has 3 amide bonds. The Kier molecular flexibility index (Phi) is 9.95. The van der Waals surface area contributed by atoms with Crippen molar-refractivity contribution < 1.29 is 19.1 Å². The fourth-order valence-corrected chi connectivity index (χ4v) is 2.80. The topological polar surface area (TPSA) is 96.5 Å². The van der Waals surface area contributed by atoms with E-state index in [9.17, 15) is 14.4 Å². The smallest absolute Gasteiger partial charge is 0.408 e. The fourth-order valence-electron chi connectivity index (χ4n) is 2.58. The fraction of sp³-hybridized carbons (Fsp3) is 0.571. The summed E-state index contributed by atoms with van der Waals surface area (Å²) in [7, 11) is 0. The van der Waals surface area contributed by atoms with Gasteiger partial charge >= 0.3 is 6.09 Å². The summed E-state index contributed by atoms with van der Waals surface area (Å²) in [5.74, 6) is -0.720. The lowest BCUT2D eigenvalue weighted by atomic mass is 10.00. The Hall–Kier alpha value is -2.28. The molecule has 1 rings (SSSR count). The van der Waals surface area contributed by atoms with E-state index in [1.807, 2.05) is 27.7 Å². The summed E-state index contributed by atoms with van der Waals surface area (Å²) >= 11 is 6.06. The number of hydrogen-bond donors (Lipinski definition) is 3. The number of benzene rings is 1. The normalized spacial score (nSPS) is 13.2. The number of alkyl carbamates (subject to hydrolysis) is 1. The maximum absolute atomic E-state index is 12.8. The molecule has 0 aliphatic carbocycles. The maximum atomic E-state index is 12.8. The molecule has 162 valence electrons. The predicted molar refractivity (Wildman–Crippen MR) is 114 cm³/mol. The van der Waals surface area contributed by atoms with Gasteiger partial charge in [0.05, 0.1) is 16.7 Å². The average molecular weight is 426 g/mol. The molecular weight excluding hydrogens is 394 g/mol. The first-order valence-electron chi connectivity index (χ1n) is 9.83. The molecule has 2 unspecified atom stereocenters. The number of ether oxygens (including phenoxy) is 1. The van der Waals surface area contributed by atoms with Gasteiger partial charge in [0.1, 0.15) is 6.04 Å². The number of halogens is 1. The van der Waals surface area contributed by atoms with E-state index in [4.69, 9.17) is 16.3 Å². The number of hydrogen-bond acceptors (Lipinski definition) is 4. The molecule has 2 atom stereocenters. The van der Waals surface area contributed by atoms with Crippen LogP contribution in [-0.2, 0) is 9.53 Å². The van der Waals surface area contributed by atoms with E-state index in [0.29, 0.717) is 10.6 Å². The third kappa shape index (κ3) is 8.31. The molecular formula is C21H32ClN3O4. The predicted octanol–water partition coefficient (Wildman–Crippen LogP) is 3.37. The minimum absolute atomic E-state index is 0.0564. The van der Waals surface area contributed by atoms with Crippen LogP contribution in [0.15, 0.2) is 24.3 Å². The highest BCUT2D eigenvalue weighted by Gasteiger charge is 2.28. The molecule has 0 aromatic heterocycles. The number of rotatable bonds is 9. The molecule has 8 heteroatoms. The highest BCUT2D eigenvalue weighted by molar-refractivity contribution is 6.33. The lowest BCUT2D eigenvalue weighted by molar-refractivity contribution is -0.125. The Morgan fingerprint density at radius 3 is 2.10 bits per heavy atom. The number of nitrogens with one attached hydrogen (secondary N) is 3. The monoisotopic (exact) mass is 425 g/mol. The van der Waals surface area contributed by atoms with Gasteiger partial charge in [-0.3, -0.25) is 9.59 Å². The molecule has 0 spiro atoms. The molecule has 29 heavy (non-hydrogen) atoms. The van der Waals surface area contributed by atoms with Gasteiger partial charge in [0.2, 0.25) is 5.91 Å². The first-order valence-corrected chi connectivity index (χ1v) is 10.2. The number of carbonyl (C=O) groups is 3. The van der Waals surface area contributed by atoms with E-state index >= 15 is 0 Å². The van der Waals surface area contributed by atoms with Crippen LogP contribution in [0.3, 0.4) is 0 Å². The van der Waals surface area contributed by atoms with Gasteiger partial charge in [-0.25, -0.2) is 4.79 Å². The first-order chi connectivity index (χ1) is 13.5. The third-order valence-corrected chi connectivity index (χ3v) is 4.63. The standard InChI is InChI=1S/C21H32ClN3O4/c1-12(2)17(11-23-19(26)15-9-7-8-10-16(15)22)24-20(27)18(13(3)4)25-21(28)29-14(5)6/h7-10,12-14,17-18H,11H2,1-6H3,(H,23,26)(H,24,27)(H,25,28). The van der Waals surface area contributed by atoms with Crippen LogP contribution in [0.25, 0.3) is 0 Å². The van der Waals surface area contributed by atoms with E-state index in [2.05, 4.69) is 16.0 Å². The Bertz CT molecular complexity index is 707. The summed E-state index contributed by atoms with van der Waals surface area (Å²) in [6.07, 6.45) is -0.920. The van der Waals surface area contributed by atoms with Gasteiger partial charge in [0.25, 0.3) is 5.91 Å². The Morgan fingerprint density at radius 2 is 1.59 bits per heavy atom. The second kappa shape index (κ2) is 11.7. The zero-order chi connectivity index (χ0) is 22.1. The third-order valence-electron chi connectivity index (χ3n) is 4.30. The molecule has 0 aliphatic rings. The van der Waals surface area contributed by atoms with Gasteiger partial charge in [-0.15, -0.1) is 0 Å². The summed E-state index contributed by atoms with van der Waals surface area (Å²) in [4.78, 5) is 37.1. The molecule has 0 saturated heterocycles. The first kappa shape index (κ1) is 24.8. The highest BCUT2D eigenvalue weighted by atomic mass is 35.5. The molecule has 1 aromatic carbocycles. The van der Waals surface area contributed by atoms with Crippen molar-refractivity contribution in [3.8, 4) is 0 Å². The van der Waals surface area contributed by atoms with Crippen LogP contribution >= 0.6 is 11.6 Å². The molecule has 0 saturated carbocycles. The van der Waals surface area contributed by atoms with E-state index in [-0.39, 0.29) is 42.3 Å². The number of amides is 3. The highest BCUT2D eigenvalue weighted by Crippen LogP contribution is 2.14. The van der Waals surface area contributed by atoms with Crippen molar-refractivity contribution in [2.24, 2.45) is 11.8 Å². The summed E-state index contributed by atoms with van der Waals surface area (Å²) in [5.41, 5.74) is 0.376. The van der Waals surface area contributed by atoms with Crippen LogP contribution in [0.4, 0.5) is 4.79 Å². The van der Waals surface area contributed by atoms with Crippen molar-refractivity contribution in [2.75, 3.05) is 6.54 Å². The van der Waals surface area contributed by atoms with Crippen molar-refractivity contribution in [1.82, 2.24) is 16.0 Å². The van der Waals surface area contributed by atoms with Crippen LogP contribution in [0.5, 0.6) is 0 Å². The summed E-state index contributed by atoms with van der Waals surface area (Å²) in [6.45, 7) is 11.3.